The summed E-state index contributed by atoms with van der Waals surface area (Å²) in [6.07, 6.45) is 4.10. The fourth-order valence-electron chi connectivity index (χ4n) is 6.78. The van der Waals surface area contributed by atoms with E-state index in [9.17, 15) is 17.6 Å². The number of allylic oxidation sites excluding steroid dienone is 3. The first-order valence-electron chi connectivity index (χ1n) is 13.3. The first kappa shape index (κ1) is 24.9. The highest BCUT2D eigenvalue weighted by Crippen LogP contribution is 2.57. The van der Waals surface area contributed by atoms with Crippen molar-refractivity contribution in [1.82, 2.24) is 4.90 Å². The van der Waals surface area contributed by atoms with Gasteiger partial charge in [-0.1, -0.05) is 30.7 Å². The number of hydrogen-bond acceptors (Lipinski definition) is 5. The van der Waals surface area contributed by atoms with Crippen molar-refractivity contribution >= 4 is 31.5 Å². The Labute approximate surface area is 221 Å². The average molecular weight is 547 g/mol. The van der Waals surface area contributed by atoms with Gasteiger partial charge in [0.1, 0.15) is 8.07 Å². The van der Waals surface area contributed by atoms with Gasteiger partial charge in [-0.05, 0) is 61.9 Å². The largest absolute Gasteiger partial charge is 0.666 e. The Bertz CT molecular complexity index is 1350. The molecule has 1 unspecified atom stereocenters. The summed E-state index contributed by atoms with van der Waals surface area (Å²) < 4.78 is 75.1. The molecule has 0 saturated carbocycles. The van der Waals surface area contributed by atoms with Crippen molar-refractivity contribution in [1.29, 1.82) is 0 Å². The lowest BCUT2D eigenvalue weighted by atomic mass is 9.65. The van der Waals surface area contributed by atoms with E-state index in [1.54, 1.807) is 9.80 Å². The fraction of sp³-hybridized carbons (Fsp3) is 0.556. The third-order valence-corrected chi connectivity index (χ3v) is 13.1. The van der Waals surface area contributed by atoms with Crippen LogP contribution in [0.4, 0.5) is 23.2 Å². The molecule has 38 heavy (non-hydrogen) atoms. The van der Waals surface area contributed by atoms with Crippen LogP contribution in [0.5, 0.6) is 0 Å². The molecule has 1 spiro atoms. The molecule has 5 aliphatic heterocycles. The van der Waals surface area contributed by atoms with E-state index in [0.29, 0.717) is 5.76 Å². The van der Waals surface area contributed by atoms with Crippen LogP contribution in [0.25, 0.3) is 5.76 Å². The minimum Gasteiger partial charge on any atom is -0.666 e. The SMILES string of the molecule is CC1(C)O[B-]2(OC3=C4C2=CC(N2CC(F)(F)C2)C=C4[Si](C)(C)c2cc(N4CC(F)(F)C4)ccc23)OC1(C)C. The normalized spacial score (nSPS) is 32.1. The van der Waals surface area contributed by atoms with Gasteiger partial charge in [-0.2, -0.15) is 0 Å². The summed E-state index contributed by atoms with van der Waals surface area (Å²) in [6.45, 7) is 8.77. The number of fused-ring (bicyclic) bond motifs is 3. The van der Waals surface area contributed by atoms with Crippen LogP contribution in [0.15, 0.2) is 46.6 Å². The average Bonchev–Trinajstić information content (AvgIpc) is 3.16. The summed E-state index contributed by atoms with van der Waals surface area (Å²) in [5.41, 5.74) is 2.12. The second-order valence-corrected chi connectivity index (χ2v) is 17.6. The molecule has 5 heterocycles. The third kappa shape index (κ3) is 3.22. The van der Waals surface area contributed by atoms with Gasteiger partial charge in [0.05, 0.1) is 31.9 Å². The standard InChI is InChI=1S/C27H32BF4N2O3Si/c1-24(2)25(3,4)37-28(36-24)19-9-17(34-14-27(31,32)15-34)11-21-22(19)23(35-28)18-8-7-16(10-20(18)38(21,5)6)33-12-26(29,30)13-33/h7-11,17H,12-15H2,1-6H3/q-1. The predicted molar refractivity (Wildman–Crippen MR) is 141 cm³/mol. The number of halogens is 4. The number of benzene rings is 1. The summed E-state index contributed by atoms with van der Waals surface area (Å²) in [6, 6.07) is 5.53. The highest BCUT2D eigenvalue weighted by molar-refractivity contribution is 6.98. The van der Waals surface area contributed by atoms with E-state index < -0.39 is 37.9 Å². The minimum atomic E-state index is -2.70. The lowest BCUT2D eigenvalue weighted by Gasteiger charge is -2.46. The minimum absolute atomic E-state index is 0.295. The molecule has 5 nitrogen and oxygen atoms in total. The Morgan fingerprint density at radius 3 is 2.08 bits per heavy atom. The van der Waals surface area contributed by atoms with Crippen molar-refractivity contribution < 1.29 is 31.5 Å². The van der Waals surface area contributed by atoms with Crippen LogP contribution in [0.3, 0.4) is 0 Å². The zero-order chi connectivity index (χ0) is 27.3. The number of anilines is 1. The van der Waals surface area contributed by atoms with Gasteiger partial charge in [0.2, 0.25) is 0 Å². The summed E-state index contributed by atoms with van der Waals surface area (Å²) in [5, 5.41) is 2.17. The molecule has 0 N–H and O–H groups in total. The molecular weight excluding hydrogens is 515 g/mol. The number of likely N-dealkylation sites (tertiary alicyclic amines) is 1. The van der Waals surface area contributed by atoms with Gasteiger partial charge in [-0.3, -0.25) is 4.90 Å². The molecule has 0 bridgehead atoms. The van der Waals surface area contributed by atoms with Crippen LogP contribution in [-0.2, 0) is 14.0 Å². The first-order chi connectivity index (χ1) is 17.4. The topological polar surface area (TPSA) is 34.2 Å². The summed E-state index contributed by atoms with van der Waals surface area (Å²) in [4.78, 5) is 3.46. The monoisotopic (exact) mass is 547 g/mol. The van der Waals surface area contributed by atoms with Gasteiger partial charge in [-0.25, -0.2) is 17.6 Å². The fourth-order valence-corrected chi connectivity index (χ4v) is 9.92. The molecule has 0 amide bonds. The highest BCUT2D eigenvalue weighted by Gasteiger charge is 2.62. The zero-order valence-electron chi connectivity index (χ0n) is 22.5. The molecule has 1 atom stereocenters. The van der Waals surface area contributed by atoms with Crippen LogP contribution in [0.2, 0.25) is 13.1 Å². The van der Waals surface area contributed by atoms with Crippen molar-refractivity contribution in [2.45, 2.75) is 69.9 Å². The first-order valence-corrected chi connectivity index (χ1v) is 16.3. The third-order valence-electron chi connectivity index (χ3n) is 9.57. The summed E-state index contributed by atoms with van der Waals surface area (Å²) in [5.74, 6) is -4.69. The molecular formula is C27H32BF4N2O3Si-. The summed E-state index contributed by atoms with van der Waals surface area (Å²) in [7, 11) is -2.42. The molecule has 6 aliphatic rings. The van der Waals surface area contributed by atoms with Crippen molar-refractivity contribution in [2.75, 3.05) is 31.1 Å². The smallest absolute Gasteiger partial charge is 0.467 e. The predicted octanol–water partition coefficient (Wildman–Crippen LogP) is 4.62. The van der Waals surface area contributed by atoms with Gasteiger partial charge < -0.3 is 18.9 Å². The molecule has 204 valence electrons. The molecule has 0 radical (unpaired) electrons. The van der Waals surface area contributed by atoms with Crippen LogP contribution < -0.4 is 10.1 Å². The lowest BCUT2D eigenvalue weighted by Crippen LogP contribution is -2.60. The Balaban J connectivity index is 1.38. The van der Waals surface area contributed by atoms with Gasteiger partial charge >= 0.3 is 6.75 Å². The zero-order valence-corrected chi connectivity index (χ0v) is 23.5. The summed E-state index contributed by atoms with van der Waals surface area (Å²) >= 11 is 0. The Morgan fingerprint density at radius 1 is 0.895 bits per heavy atom. The molecule has 1 aromatic carbocycles. The molecule has 1 aliphatic carbocycles. The van der Waals surface area contributed by atoms with E-state index in [-0.39, 0.29) is 32.2 Å². The van der Waals surface area contributed by atoms with Gasteiger partial charge in [0, 0.05) is 28.5 Å². The van der Waals surface area contributed by atoms with E-state index in [4.69, 9.17) is 14.0 Å². The maximum Gasteiger partial charge on any atom is 0.467 e. The Hall–Kier alpha value is -2.08. The maximum atomic E-state index is 13.9. The quantitative estimate of drug-likeness (QED) is 0.399. The lowest BCUT2D eigenvalue weighted by molar-refractivity contribution is -0.134. The number of nitrogens with zero attached hydrogens (tertiary/aromatic N) is 2. The molecule has 1 aromatic rings. The molecule has 3 fully saturated rings. The van der Waals surface area contributed by atoms with Gasteiger partial charge in [0.15, 0.2) is 0 Å². The highest BCUT2D eigenvalue weighted by atomic mass is 28.3. The Kier molecular flexibility index (Phi) is 4.57. The van der Waals surface area contributed by atoms with Crippen molar-refractivity contribution in [2.24, 2.45) is 0 Å². The van der Waals surface area contributed by atoms with Crippen LogP contribution >= 0.6 is 0 Å². The van der Waals surface area contributed by atoms with E-state index in [2.05, 4.69) is 19.2 Å². The van der Waals surface area contributed by atoms with E-state index >= 15 is 0 Å². The number of hydrogen-bond donors (Lipinski definition) is 0. The number of alkyl halides is 4. The molecule has 11 heteroatoms. The van der Waals surface area contributed by atoms with Gasteiger partial charge in [-0.15, -0.1) is 0 Å². The van der Waals surface area contributed by atoms with Gasteiger partial charge in [0.25, 0.3) is 11.8 Å². The second kappa shape index (κ2) is 6.97. The van der Waals surface area contributed by atoms with E-state index in [1.165, 1.54) is 0 Å². The number of rotatable bonds is 2. The van der Waals surface area contributed by atoms with Crippen molar-refractivity contribution in [3.8, 4) is 0 Å². The Morgan fingerprint density at radius 2 is 1.50 bits per heavy atom. The molecule has 3 saturated heterocycles. The van der Waals surface area contributed by atoms with Crippen molar-refractivity contribution in [3.05, 3.63) is 52.2 Å². The van der Waals surface area contributed by atoms with E-state index in [0.717, 1.165) is 32.7 Å². The van der Waals surface area contributed by atoms with Crippen LogP contribution in [-0.4, -0.2) is 75.0 Å². The maximum absolute atomic E-state index is 13.9. The van der Waals surface area contributed by atoms with Crippen LogP contribution in [0.1, 0.15) is 33.3 Å². The van der Waals surface area contributed by atoms with Crippen LogP contribution in [0, 0.1) is 0 Å². The van der Waals surface area contributed by atoms with Crippen molar-refractivity contribution in [3.63, 3.8) is 0 Å². The molecule has 0 aromatic heterocycles. The van der Waals surface area contributed by atoms with E-state index in [1.807, 2.05) is 52.0 Å². The molecule has 7 rings (SSSR count). The second-order valence-electron chi connectivity index (χ2n) is 13.2.